The zero-order chi connectivity index (χ0) is 15.5. The van der Waals surface area contributed by atoms with Crippen molar-refractivity contribution in [2.75, 3.05) is 19.1 Å². The Morgan fingerprint density at radius 2 is 2.14 bits per heavy atom. The van der Waals surface area contributed by atoms with E-state index in [1.807, 2.05) is 6.07 Å². The average molecular weight is 321 g/mol. The van der Waals surface area contributed by atoms with E-state index in [2.05, 4.69) is 10.3 Å². The molecular formula is C16H14ClFN2O2. The Labute approximate surface area is 131 Å². The van der Waals surface area contributed by atoms with Crippen molar-refractivity contribution < 1.29 is 13.5 Å². The molecule has 3 aromatic rings. The number of oxazole rings is 1. The molecule has 1 aromatic heterocycles. The molecule has 0 radical (unpaired) electrons. The number of benzene rings is 2. The van der Waals surface area contributed by atoms with Crippen LogP contribution in [0.25, 0.3) is 11.1 Å². The quantitative estimate of drug-likeness (QED) is 0.745. The van der Waals surface area contributed by atoms with Crippen LogP contribution in [0.5, 0.6) is 5.75 Å². The molecule has 1 N–H and O–H groups in total. The lowest BCUT2D eigenvalue weighted by Crippen LogP contribution is -2.12. The first kappa shape index (κ1) is 14.7. The van der Waals surface area contributed by atoms with Gasteiger partial charge in [0, 0.05) is 5.02 Å². The van der Waals surface area contributed by atoms with Crippen molar-refractivity contribution in [2.24, 2.45) is 0 Å². The molecule has 0 saturated carbocycles. The van der Waals surface area contributed by atoms with Crippen molar-refractivity contribution in [1.82, 2.24) is 4.98 Å². The van der Waals surface area contributed by atoms with Gasteiger partial charge in [0.15, 0.2) is 11.3 Å². The average Bonchev–Trinajstić information content (AvgIpc) is 2.95. The summed E-state index contributed by atoms with van der Waals surface area (Å²) in [6.07, 6.45) is 0. The van der Waals surface area contributed by atoms with Gasteiger partial charge in [-0.2, -0.15) is 4.98 Å². The summed E-state index contributed by atoms with van der Waals surface area (Å²) in [4.78, 5) is 4.30. The number of anilines is 1. The molecule has 0 bridgehead atoms. The minimum atomic E-state index is -0.615. The van der Waals surface area contributed by atoms with Crippen LogP contribution in [0.15, 0.2) is 46.9 Å². The highest BCUT2D eigenvalue weighted by Crippen LogP contribution is 2.30. The molecule has 0 saturated heterocycles. The first-order valence-electron chi connectivity index (χ1n) is 6.73. The Kier molecular flexibility index (Phi) is 4.15. The Hall–Kier alpha value is -2.27. The van der Waals surface area contributed by atoms with Crippen molar-refractivity contribution in [1.29, 1.82) is 0 Å². The van der Waals surface area contributed by atoms with Crippen LogP contribution in [0.2, 0.25) is 5.02 Å². The van der Waals surface area contributed by atoms with Crippen LogP contribution in [-0.4, -0.2) is 18.8 Å². The third-order valence-corrected chi connectivity index (χ3v) is 3.54. The number of para-hydroxylation sites is 1. The van der Waals surface area contributed by atoms with Crippen molar-refractivity contribution in [3.63, 3.8) is 0 Å². The standard InChI is InChI=1S/C16H14ClFN2O2/c1-21-14-7-3-6-12-15(14)22-16(19-12)20-13(9-18)10-4-2-5-11(17)8-10/h2-8,13H,9H2,1H3,(H,19,20)/t13-/m1/s1. The molecular weight excluding hydrogens is 307 g/mol. The summed E-state index contributed by atoms with van der Waals surface area (Å²) in [5, 5.41) is 3.50. The van der Waals surface area contributed by atoms with Crippen molar-refractivity contribution >= 4 is 28.7 Å². The van der Waals surface area contributed by atoms with Crippen molar-refractivity contribution in [3.05, 3.63) is 53.1 Å². The maximum Gasteiger partial charge on any atom is 0.296 e. The monoisotopic (exact) mass is 320 g/mol. The van der Waals surface area contributed by atoms with Crippen LogP contribution in [0, 0.1) is 0 Å². The zero-order valence-corrected chi connectivity index (χ0v) is 12.6. The topological polar surface area (TPSA) is 47.3 Å². The van der Waals surface area contributed by atoms with Gasteiger partial charge in [-0.3, -0.25) is 0 Å². The number of methoxy groups -OCH3 is 1. The molecule has 1 heterocycles. The van der Waals surface area contributed by atoms with Crippen LogP contribution in [0.3, 0.4) is 0 Å². The number of hydrogen-bond donors (Lipinski definition) is 1. The van der Waals surface area contributed by atoms with Crippen LogP contribution in [0.1, 0.15) is 11.6 Å². The fraction of sp³-hybridized carbons (Fsp3) is 0.188. The fourth-order valence-electron chi connectivity index (χ4n) is 2.23. The summed E-state index contributed by atoms with van der Waals surface area (Å²) in [5.41, 5.74) is 1.89. The van der Waals surface area contributed by atoms with E-state index in [9.17, 15) is 4.39 Å². The second kappa shape index (κ2) is 6.23. The van der Waals surface area contributed by atoms with Crippen molar-refractivity contribution in [3.8, 4) is 5.75 Å². The molecule has 4 nitrogen and oxygen atoms in total. The summed E-state index contributed by atoms with van der Waals surface area (Å²) in [6, 6.07) is 12.1. The van der Waals surface area contributed by atoms with E-state index in [1.54, 1.807) is 43.5 Å². The van der Waals surface area contributed by atoms with Gasteiger partial charge in [-0.05, 0) is 29.8 Å². The lowest BCUT2D eigenvalue weighted by molar-refractivity contribution is 0.409. The molecule has 2 aromatic carbocycles. The highest BCUT2D eigenvalue weighted by Gasteiger charge is 2.16. The lowest BCUT2D eigenvalue weighted by atomic mass is 10.1. The van der Waals surface area contributed by atoms with Crippen LogP contribution in [-0.2, 0) is 0 Å². The minimum Gasteiger partial charge on any atom is -0.493 e. The number of nitrogens with one attached hydrogen (secondary N) is 1. The molecule has 0 spiro atoms. The summed E-state index contributed by atoms with van der Waals surface area (Å²) < 4.78 is 24.2. The summed E-state index contributed by atoms with van der Waals surface area (Å²) in [7, 11) is 1.56. The number of aromatic nitrogens is 1. The van der Waals surface area contributed by atoms with E-state index in [0.29, 0.717) is 21.9 Å². The number of ether oxygens (including phenoxy) is 1. The molecule has 1 atom stereocenters. The van der Waals surface area contributed by atoms with E-state index in [4.69, 9.17) is 20.8 Å². The Morgan fingerprint density at radius 3 is 2.86 bits per heavy atom. The van der Waals surface area contributed by atoms with Gasteiger partial charge in [0.1, 0.15) is 12.2 Å². The number of alkyl halides is 1. The third kappa shape index (κ3) is 2.85. The second-order valence-corrected chi connectivity index (χ2v) is 5.17. The number of halogens is 2. The number of hydrogen-bond acceptors (Lipinski definition) is 4. The Bertz CT molecular complexity index is 791. The maximum atomic E-state index is 13.4. The van der Waals surface area contributed by atoms with E-state index in [0.717, 1.165) is 5.56 Å². The number of fused-ring (bicyclic) bond motifs is 1. The molecule has 114 valence electrons. The van der Waals surface area contributed by atoms with Gasteiger partial charge in [-0.1, -0.05) is 29.8 Å². The normalized spacial score (nSPS) is 12.3. The van der Waals surface area contributed by atoms with Crippen LogP contribution in [0.4, 0.5) is 10.4 Å². The lowest BCUT2D eigenvalue weighted by Gasteiger charge is -2.14. The molecule has 0 amide bonds. The predicted molar refractivity (Wildman–Crippen MR) is 84.4 cm³/mol. The third-order valence-electron chi connectivity index (χ3n) is 3.30. The van der Waals surface area contributed by atoms with E-state index < -0.39 is 12.7 Å². The highest BCUT2D eigenvalue weighted by molar-refractivity contribution is 6.30. The second-order valence-electron chi connectivity index (χ2n) is 4.73. The van der Waals surface area contributed by atoms with Gasteiger partial charge in [0.2, 0.25) is 0 Å². The molecule has 0 unspecified atom stereocenters. The van der Waals surface area contributed by atoms with Gasteiger partial charge in [-0.15, -0.1) is 0 Å². The Morgan fingerprint density at radius 1 is 1.32 bits per heavy atom. The zero-order valence-electron chi connectivity index (χ0n) is 11.8. The summed E-state index contributed by atoms with van der Waals surface area (Å²) in [6.45, 7) is -0.615. The molecule has 0 aliphatic heterocycles. The molecule has 0 aliphatic rings. The van der Waals surface area contributed by atoms with E-state index >= 15 is 0 Å². The van der Waals surface area contributed by atoms with Crippen LogP contribution >= 0.6 is 11.6 Å². The van der Waals surface area contributed by atoms with Gasteiger partial charge in [0.25, 0.3) is 6.01 Å². The van der Waals surface area contributed by atoms with Gasteiger partial charge < -0.3 is 14.5 Å². The summed E-state index contributed by atoms with van der Waals surface area (Å²) >= 11 is 5.95. The number of rotatable bonds is 5. The van der Waals surface area contributed by atoms with Crippen molar-refractivity contribution in [2.45, 2.75) is 6.04 Å². The molecule has 0 aliphatic carbocycles. The Balaban J connectivity index is 1.91. The highest BCUT2D eigenvalue weighted by atomic mass is 35.5. The summed E-state index contributed by atoms with van der Waals surface area (Å²) in [5.74, 6) is 0.581. The SMILES string of the molecule is COc1cccc2nc(N[C@H](CF)c3cccc(Cl)c3)oc12. The van der Waals surface area contributed by atoms with E-state index in [1.165, 1.54) is 0 Å². The molecule has 22 heavy (non-hydrogen) atoms. The molecule has 6 heteroatoms. The van der Waals surface area contributed by atoms with Gasteiger partial charge in [-0.25, -0.2) is 4.39 Å². The fourth-order valence-corrected chi connectivity index (χ4v) is 2.43. The molecule has 3 rings (SSSR count). The van der Waals surface area contributed by atoms with Crippen LogP contribution < -0.4 is 10.1 Å². The smallest absolute Gasteiger partial charge is 0.296 e. The first-order chi connectivity index (χ1) is 10.7. The van der Waals surface area contributed by atoms with E-state index in [-0.39, 0.29) is 6.01 Å². The molecule has 0 fully saturated rings. The van der Waals surface area contributed by atoms with Gasteiger partial charge >= 0.3 is 0 Å². The first-order valence-corrected chi connectivity index (χ1v) is 7.10. The minimum absolute atomic E-state index is 0.238. The predicted octanol–water partition coefficient (Wildman–Crippen LogP) is 4.61. The number of nitrogens with zero attached hydrogens (tertiary/aromatic N) is 1. The van der Waals surface area contributed by atoms with Gasteiger partial charge in [0.05, 0.1) is 13.2 Å². The largest absolute Gasteiger partial charge is 0.493 e. The maximum absolute atomic E-state index is 13.4.